The number of aromatic nitrogens is 1. The quantitative estimate of drug-likeness (QED) is 0.850. The van der Waals surface area contributed by atoms with Crippen LogP contribution in [0, 0.1) is 0 Å². The van der Waals surface area contributed by atoms with Crippen LogP contribution < -0.4 is 5.32 Å². The van der Waals surface area contributed by atoms with Gasteiger partial charge in [0.05, 0.1) is 16.8 Å². The molecule has 1 aliphatic heterocycles. The molecule has 0 bridgehead atoms. The minimum absolute atomic E-state index is 0.337. The molecule has 2 rings (SSSR count). The number of nitrogens with zero attached hydrogens (tertiary/aromatic N) is 1. The summed E-state index contributed by atoms with van der Waals surface area (Å²) in [6.45, 7) is 1.07. The van der Waals surface area contributed by atoms with Gasteiger partial charge in [-0.2, -0.15) is 0 Å². The lowest BCUT2D eigenvalue weighted by atomic mass is 10.0. The number of piperidine rings is 1. The molecule has 1 N–H and O–H groups in total. The van der Waals surface area contributed by atoms with Crippen LogP contribution in [0.5, 0.6) is 0 Å². The molecular formula is C10H12BrClN2. The molecule has 14 heavy (non-hydrogen) atoms. The highest BCUT2D eigenvalue weighted by Crippen LogP contribution is 2.28. The number of hydrogen-bond acceptors (Lipinski definition) is 2. The highest BCUT2D eigenvalue weighted by atomic mass is 79.9. The lowest BCUT2D eigenvalue weighted by Crippen LogP contribution is -2.27. The lowest BCUT2D eigenvalue weighted by Gasteiger charge is -2.23. The van der Waals surface area contributed by atoms with E-state index in [-0.39, 0.29) is 0 Å². The predicted molar refractivity (Wildman–Crippen MR) is 61.5 cm³/mol. The summed E-state index contributed by atoms with van der Waals surface area (Å²) in [7, 11) is 0. The molecular weight excluding hydrogens is 263 g/mol. The molecule has 0 aliphatic carbocycles. The van der Waals surface area contributed by atoms with Crippen molar-refractivity contribution >= 4 is 27.5 Å². The summed E-state index contributed by atoms with van der Waals surface area (Å²) < 4.78 is 0.932. The zero-order valence-corrected chi connectivity index (χ0v) is 10.1. The van der Waals surface area contributed by atoms with E-state index in [1.807, 2.05) is 6.07 Å². The summed E-state index contributed by atoms with van der Waals surface area (Å²) in [5.74, 6) is 0. The molecule has 0 unspecified atom stereocenters. The molecule has 1 aliphatic rings. The van der Waals surface area contributed by atoms with Gasteiger partial charge in [0.2, 0.25) is 0 Å². The smallest absolute Gasteiger partial charge is 0.0759 e. The fourth-order valence-corrected chi connectivity index (χ4v) is 2.53. The Balaban J connectivity index is 2.22. The Hall–Kier alpha value is -0.120. The lowest BCUT2D eigenvalue weighted by molar-refractivity contribution is 0.405. The third-order valence-corrected chi connectivity index (χ3v) is 3.21. The Morgan fingerprint density at radius 2 is 2.36 bits per heavy atom. The third-order valence-electron chi connectivity index (χ3n) is 2.48. The zero-order chi connectivity index (χ0) is 9.97. The fraction of sp³-hybridized carbons (Fsp3) is 0.500. The van der Waals surface area contributed by atoms with E-state index in [2.05, 4.69) is 26.2 Å². The molecule has 0 aromatic carbocycles. The molecule has 0 saturated carbocycles. The summed E-state index contributed by atoms with van der Waals surface area (Å²) >= 11 is 9.48. The first-order chi connectivity index (χ1) is 6.77. The normalized spacial score (nSPS) is 22.3. The first-order valence-electron chi connectivity index (χ1n) is 4.81. The molecule has 0 radical (unpaired) electrons. The van der Waals surface area contributed by atoms with Crippen LogP contribution in [0.1, 0.15) is 31.0 Å². The Labute approximate surface area is 97.2 Å². The molecule has 4 heteroatoms. The van der Waals surface area contributed by atoms with E-state index in [1.165, 1.54) is 12.8 Å². The Morgan fingerprint density at radius 3 is 3.00 bits per heavy atom. The minimum atomic E-state index is 0.337. The maximum absolute atomic E-state index is 6.13. The van der Waals surface area contributed by atoms with Crippen molar-refractivity contribution in [3.63, 3.8) is 0 Å². The van der Waals surface area contributed by atoms with Crippen molar-refractivity contribution in [3.05, 3.63) is 27.5 Å². The third kappa shape index (κ3) is 2.27. The van der Waals surface area contributed by atoms with Gasteiger partial charge in [-0.1, -0.05) is 18.0 Å². The van der Waals surface area contributed by atoms with E-state index in [4.69, 9.17) is 11.6 Å². The first-order valence-corrected chi connectivity index (χ1v) is 5.99. The highest BCUT2D eigenvalue weighted by Gasteiger charge is 2.18. The van der Waals surface area contributed by atoms with Gasteiger partial charge >= 0.3 is 0 Å². The van der Waals surface area contributed by atoms with E-state index in [0.29, 0.717) is 6.04 Å². The summed E-state index contributed by atoms with van der Waals surface area (Å²) in [5, 5.41) is 4.18. The maximum Gasteiger partial charge on any atom is 0.0759 e. The fourth-order valence-electron chi connectivity index (χ4n) is 1.77. The summed E-state index contributed by atoms with van der Waals surface area (Å²) in [5.41, 5.74) is 0.981. The Morgan fingerprint density at radius 1 is 1.50 bits per heavy atom. The Kier molecular flexibility index (Phi) is 3.42. The van der Waals surface area contributed by atoms with E-state index < -0.39 is 0 Å². The summed E-state index contributed by atoms with van der Waals surface area (Å²) in [4.78, 5) is 4.36. The average molecular weight is 276 g/mol. The van der Waals surface area contributed by atoms with Crippen LogP contribution in [-0.2, 0) is 0 Å². The number of rotatable bonds is 1. The summed E-state index contributed by atoms with van der Waals surface area (Å²) in [6, 6.07) is 2.24. The maximum atomic E-state index is 6.13. The zero-order valence-electron chi connectivity index (χ0n) is 7.76. The van der Waals surface area contributed by atoms with Crippen LogP contribution in [0.3, 0.4) is 0 Å². The SMILES string of the molecule is Clc1cc(Br)cnc1[C@H]1CCCCN1. The largest absolute Gasteiger partial charge is 0.309 e. The molecule has 2 heterocycles. The van der Waals surface area contributed by atoms with Gasteiger partial charge in [-0.25, -0.2) is 0 Å². The standard InChI is InChI=1S/C10H12BrClN2/c11-7-5-8(12)10(14-6-7)9-3-1-2-4-13-9/h5-6,9,13H,1-4H2/t9-/m1/s1. The van der Waals surface area contributed by atoms with Crippen LogP contribution in [0.2, 0.25) is 5.02 Å². The second kappa shape index (κ2) is 4.60. The number of nitrogens with one attached hydrogen (secondary N) is 1. The second-order valence-electron chi connectivity index (χ2n) is 3.52. The van der Waals surface area contributed by atoms with Gasteiger partial charge in [0, 0.05) is 10.7 Å². The highest BCUT2D eigenvalue weighted by molar-refractivity contribution is 9.10. The van der Waals surface area contributed by atoms with Crippen molar-refractivity contribution in [1.29, 1.82) is 0 Å². The van der Waals surface area contributed by atoms with Crippen molar-refractivity contribution in [1.82, 2.24) is 10.3 Å². The van der Waals surface area contributed by atoms with Crippen LogP contribution >= 0.6 is 27.5 Å². The van der Waals surface area contributed by atoms with E-state index in [9.17, 15) is 0 Å². The van der Waals surface area contributed by atoms with Gasteiger partial charge in [0.1, 0.15) is 0 Å². The molecule has 1 saturated heterocycles. The molecule has 1 aromatic heterocycles. The van der Waals surface area contributed by atoms with E-state index >= 15 is 0 Å². The van der Waals surface area contributed by atoms with Crippen LogP contribution in [-0.4, -0.2) is 11.5 Å². The molecule has 0 spiro atoms. The van der Waals surface area contributed by atoms with E-state index in [0.717, 1.165) is 28.2 Å². The van der Waals surface area contributed by atoms with Gasteiger partial charge in [0.15, 0.2) is 0 Å². The van der Waals surface area contributed by atoms with Crippen LogP contribution in [0.4, 0.5) is 0 Å². The molecule has 1 atom stereocenters. The van der Waals surface area contributed by atoms with Gasteiger partial charge < -0.3 is 5.32 Å². The van der Waals surface area contributed by atoms with Gasteiger partial charge in [-0.3, -0.25) is 4.98 Å². The Bertz CT molecular complexity index is 324. The molecule has 1 aromatic rings. The number of hydrogen-bond donors (Lipinski definition) is 1. The molecule has 2 nitrogen and oxygen atoms in total. The number of pyridine rings is 1. The van der Waals surface area contributed by atoms with Gasteiger partial charge in [-0.05, 0) is 41.4 Å². The molecule has 76 valence electrons. The summed E-state index contributed by atoms with van der Waals surface area (Å²) in [6.07, 6.45) is 5.45. The number of halogens is 2. The average Bonchev–Trinajstić information content (AvgIpc) is 2.19. The minimum Gasteiger partial charge on any atom is -0.309 e. The van der Waals surface area contributed by atoms with Crippen molar-refractivity contribution < 1.29 is 0 Å². The van der Waals surface area contributed by atoms with E-state index in [1.54, 1.807) is 6.20 Å². The van der Waals surface area contributed by atoms with Crippen molar-refractivity contribution in [2.75, 3.05) is 6.54 Å². The van der Waals surface area contributed by atoms with Crippen LogP contribution in [0.15, 0.2) is 16.7 Å². The second-order valence-corrected chi connectivity index (χ2v) is 4.85. The molecule has 1 fully saturated rings. The predicted octanol–water partition coefficient (Wildman–Crippen LogP) is 3.31. The van der Waals surface area contributed by atoms with Crippen molar-refractivity contribution in [2.45, 2.75) is 25.3 Å². The van der Waals surface area contributed by atoms with Crippen molar-refractivity contribution in [3.8, 4) is 0 Å². The topological polar surface area (TPSA) is 24.9 Å². The van der Waals surface area contributed by atoms with Gasteiger partial charge in [0.25, 0.3) is 0 Å². The van der Waals surface area contributed by atoms with Crippen LogP contribution in [0.25, 0.3) is 0 Å². The van der Waals surface area contributed by atoms with Gasteiger partial charge in [-0.15, -0.1) is 0 Å². The first kappa shape index (κ1) is 10.4. The monoisotopic (exact) mass is 274 g/mol. The molecule has 0 amide bonds. The van der Waals surface area contributed by atoms with Crippen molar-refractivity contribution in [2.24, 2.45) is 0 Å².